The minimum atomic E-state index is 0.938. The quantitative estimate of drug-likeness (QED) is 0.377. The smallest absolute Gasteiger partial charge is 0.126 e. The average molecular weight is 365 g/mol. The maximum Gasteiger partial charge on any atom is 0.126 e. The van der Waals surface area contributed by atoms with E-state index < -0.39 is 0 Å². The molecule has 23 heavy (non-hydrogen) atoms. The molecule has 0 radical (unpaired) electrons. The van der Waals surface area contributed by atoms with E-state index in [1.807, 2.05) is 36.4 Å². The number of methoxy groups -OCH3 is 1. The van der Waals surface area contributed by atoms with E-state index >= 15 is 0 Å². The van der Waals surface area contributed by atoms with Gasteiger partial charge in [0, 0.05) is 9.86 Å². The lowest BCUT2D eigenvalue weighted by Crippen LogP contribution is -1.83. The monoisotopic (exact) mass is 364 g/mol. The summed E-state index contributed by atoms with van der Waals surface area (Å²) in [5.74, 6) is 0.938. The summed E-state index contributed by atoms with van der Waals surface area (Å²) in [5, 5.41) is 4.94. The SMILES string of the molecule is Brc1cccc2ccccc12.COc1cccc2ccccc12. The van der Waals surface area contributed by atoms with E-state index in [9.17, 15) is 0 Å². The summed E-state index contributed by atoms with van der Waals surface area (Å²) in [6.07, 6.45) is 0. The zero-order chi connectivity index (χ0) is 16.1. The van der Waals surface area contributed by atoms with Gasteiger partial charge in [0.2, 0.25) is 0 Å². The van der Waals surface area contributed by atoms with Crippen molar-refractivity contribution >= 4 is 37.5 Å². The van der Waals surface area contributed by atoms with Crippen molar-refractivity contribution in [3.8, 4) is 5.75 Å². The van der Waals surface area contributed by atoms with E-state index in [-0.39, 0.29) is 0 Å². The van der Waals surface area contributed by atoms with Crippen LogP contribution >= 0.6 is 15.9 Å². The molecule has 0 aromatic heterocycles. The van der Waals surface area contributed by atoms with Crippen LogP contribution in [0, 0.1) is 0 Å². The third kappa shape index (κ3) is 3.54. The Morgan fingerprint density at radius 2 is 1.13 bits per heavy atom. The fourth-order valence-corrected chi connectivity index (χ4v) is 3.07. The van der Waals surface area contributed by atoms with Crippen molar-refractivity contribution in [3.63, 3.8) is 0 Å². The van der Waals surface area contributed by atoms with E-state index in [1.165, 1.54) is 21.5 Å². The molecule has 0 saturated heterocycles. The minimum Gasteiger partial charge on any atom is -0.496 e. The number of benzene rings is 4. The van der Waals surface area contributed by atoms with Gasteiger partial charge in [-0.25, -0.2) is 0 Å². The van der Waals surface area contributed by atoms with Gasteiger partial charge >= 0.3 is 0 Å². The lowest BCUT2D eigenvalue weighted by molar-refractivity contribution is 0.420. The van der Waals surface area contributed by atoms with Gasteiger partial charge in [-0.2, -0.15) is 0 Å². The number of hydrogen-bond donors (Lipinski definition) is 0. The lowest BCUT2D eigenvalue weighted by Gasteiger charge is -2.03. The van der Waals surface area contributed by atoms with Crippen LogP contribution in [0.3, 0.4) is 0 Å². The van der Waals surface area contributed by atoms with E-state index in [2.05, 4.69) is 64.5 Å². The second-order valence-corrected chi connectivity index (χ2v) is 6.00. The van der Waals surface area contributed by atoms with Gasteiger partial charge in [0.25, 0.3) is 0 Å². The number of rotatable bonds is 1. The van der Waals surface area contributed by atoms with Crippen LogP contribution in [0.2, 0.25) is 0 Å². The van der Waals surface area contributed by atoms with Gasteiger partial charge in [-0.1, -0.05) is 88.7 Å². The van der Waals surface area contributed by atoms with Crippen molar-refractivity contribution in [3.05, 3.63) is 89.4 Å². The molecule has 0 aliphatic heterocycles. The van der Waals surface area contributed by atoms with Gasteiger partial charge < -0.3 is 4.74 Å². The summed E-state index contributed by atoms with van der Waals surface area (Å²) >= 11 is 3.50. The molecule has 0 amide bonds. The number of halogens is 1. The Kier molecular flexibility index (Phi) is 4.94. The molecule has 0 aliphatic carbocycles. The second kappa shape index (κ2) is 7.30. The summed E-state index contributed by atoms with van der Waals surface area (Å²) in [6.45, 7) is 0. The predicted octanol–water partition coefficient (Wildman–Crippen LogP) is 6.45. The molecule has 0 unspecified atom stereocenters. The molecule has 114 valence electrons. The first-order valence-electron chi connectivity index (χ1n) is 7.44. The first kappa shape index (κ1) is 15.6. The zero-order valence-electron chi connectivity index (χ0n) is 12.9. The van der Waals surface area contributed by atoms with Crippen LogP contribution in [0.4, 0.5) is 0 Å². The largest absolute Gasteiger partial charge is 0.496 e. The van der Waals surface area contributed by atoms with E-state index in [4.69, 9.17) is 4.74 Å². The van der Waals surface area contributed by atoms with Gasteiger partial charge in [-0.15, -0.1) is 0 Å². The number of fused-ring (bicyclic) bond motifs is 2. The minimum absolute atomic E-state index is 0.938. The van der Waals surface area contributed by atoms with Crippen LogP contribution in [-0.2, 0) is 0 Å². The Morgan fingerprint density at radius 3 is 1.78 bits per heavy atom. The predicted molar refractivity (Wildman–Crippen MR) is 102 cm³/mol. The molecule has 0 aliphatic rings. The Bertz CT molecular complexity index is 920. The van der Waals surface area contributed by atoms with Gasteiger partial charge in [-0.3, -0.25) is 0 Å². The molecule has 0 bridgehead atoms. The van der Waals surface area contributed by atoms with Crippen LogP contribution < -0.4 is 4.74 Å². The molecule has 1 nitrogen and oxygen atoms in total. The molecule has 4 aromatic rings. The molecular weight excluding hydrogens is 348 g/mol. The summed E-state index contributed by atoms with van der Waals surface area (Å²) < 4.78 is 6.39. The van der Waals surface area contributed by atoms with Gasteiger partial charge in [0.15, 0.2) is 0 Å². The molecule has 0 fully saturated rings. The van der Waals surface area contributed by atoms with Gasteiger partial charge in [-0.05, 0) is 28.3 Å². The van der Waals surface area contributed by atoms with Crippen molar-refractivity contribution in [1.29, 1.82) is 0 Å². The summed E-state index contributed by atoms with van der Waals surface area (Å²) in [4.78, 5) is 0. The van der Waals surface area contributed by atoms with Gasteiger partial charge in [0.05, 0.1) is 7.11 Å². The summed E-state index contributed by atoms with van der Waals surface area (Å²) in [5.41, 5.74) is 0. The van der Waals surface area contributed by atoms with E-state index in [1.54, 1.807) is 7.11 Å². The topological polar surface area (TPSA) is 9.23 Å². The van der Waals surface area contributed by atoms with Crippen LogP contribution in [0.25, 0.3) is 21.5 Å². The van der Waals surface area contributed by atoms with Crippen LogP contribution in [0.5, 0.6) is 5.75 Å². The number of hydrogen-bond acceptors (Lipinski definition) is 1. The summed E-state index contributed by atoms with van der Waals surface area (Å²) in [7, 11) is 1.70. The fourth-order valence-electron chi connectivity index (χ4n) is 2.56. The highest BCUT2D eigenvalue weighted by molar-refractivity contribution is 9.10. The van der Waals surface area contributed by atoms with Crippen molar-refractivity contribution in [2.75, 3.05) is 7.11 Å². The van der Waals surface area contributed by atoms with Crippen molar-refractivity contribution in [2.24, 2.45) is 0 Å². The Labute approximate surface area is 144 Å². The van der Waals surface area contributed by atoms with Crippen LogP contribution in [-0.4, -0.2) is 7.11 Å². The molecule has 0 heterocycles. The Morgan fingerprint density at radius 1 is 0.609 bits per heavy atom. The molecular formula is C21H17BrO. The molecule has 4 rings (SSSR count). The van der Waals surface area contributed by atoms with E-state index in [0.29, 0.717) is 0 Å². The highest BCUT2D eigenvalue weighted by Gasteiger charge is 1.97. The highest BCUT2D eigenvalue weighted by Crippen LogP contribution is 2.24. The van der Waals surface area contributed by atoms with Crippen molar-refractivity contribution in [1.82, 2.24) is 0 Å². The third-order valence-corrected chi connectivity index (χ3v) is 4.40. The Balaban J connectivity index is 0.000000136. The summed E-state index contributed by atoms with van der Waals surface area (Å²) in [6, 6.07) is 28.8. The van der Waals surface area contributed by atoms with Crippen LogP contribution in [0.15, 0.2) is 89.4 Å². The first-order chi connectivity index (χ1) is 11.3. The normalized spacial score (nSPS) is 10.2. The lowest BCUT2D eigenvalue weighted by atomic mass is 10.1. The molecule has 2 heteroatoms. The molecule has 0 atom stereocenters. The highest BCUT2D eigenvalue weighted by atomic mass is 79.9. The van der Waals surface area contributed by atoms with Crippen LogP contribution in [0.1, 0.15) is 0 Å². The maximum absolute atomic E-state index is 5.23. The average Bonchev–Trinajstić information content (AvgIpc) is 2.62. The molecule has 0 N–H and O–H groups in total. The fraction of sp³-hybridized carbons (Fsp3) is 0.0476. The zero-order valence-corrected chi connectivity index (χ0v) is 14.5. The number of ether oxygens (including phenoxy) is 1. The first-order valence-corrected chi connectivity index (χ1v) is 8.24. The van der Waals surface area contributed by atoms with E-state index in [0.717, 1.165) is 10.2 Å². The third-order valence-electron chi connectivity index (χ3n) is 3.71. The molecule has 0 saturated carbocycles. The van der Waals surface area contributed by atoms with Crippen molar-refractivity contribution in [2.45, 2.75) is 0 Å². The molecule has 0 spiro atoms. The maximum atomic E-state index is 5.23. The Hall–Kier alpha value is -2.32. The van der Waals surface area contributed by atoms with Crippen molar-refractivity contribution < 1.29 is 4.74 Å². The molecule has 4 aromatic carbocycles. The second-order valence-electron chi connectivity index (χ2n) is 5.14. The standard InChI is InChI=1S/C11H10O.C10H7Br/c1-12-11-8-4-6-9-5-2-3-7-10(9)11;11-10-7-3-5-8-4-1-2-6-9(8)10/h2-8H,1H3;1-7H. The van der Waals surface area contributed by atoms with Gasteiger partial charge in [0.1, 0.15) is 5.75 Å².